The highest BCUT2D eigenvalue weighted by molar-refractivity contribution is 7.99. The van der Waals surface area contributed by atoms with E-state index in [9.17, 15) is 4.79 Å². The summed E-state index contributed by atoms with van der Waals surface area (Å²) in [5, 5.41) is 10.1. The Morgan fingerprint density at radius 3 is 2.53 bits per heavy atom. The van der Waals surface area contributed by atoms with Crippen LogP contribution in [0.4, 0.5) is 0 Å². The van der Waals surface area contributed by atoms with E-state index in [-0.39, 0.29) is 5.91 Å². The predicted molar refractivity (Wildman–Crippen MR) is 128 cm³/mol. The lowest BCUT2D eigenvalue weighted by molar-refractivity contribution is -0.129. The molecule has 0 aliphatic carbocycles. The number of hydrogen-bond acceptors (Lipinski definition) is 6. The van der Waals surface area contributed by atoms with Crippen LogP contribution in [0.25, 0.3) is 17.1 Å². The molecular formula is C23H26ClN5O2S. The second kappa shape index (κ2) is 10.4. The van der Waals surface area contributed by atoms with Gasteiger partial charge in [-0.15, -0.1) is 10.2 Å². The van der Waals surface area contributed by atoms with Gasteiger partial charge in [-0.25, -0.2) is 0 Å². The number of hydrogen-bond donors (Lipinski definition) is 0. The molecule has 0 N–H and O–H groups in total. The van der Waals surface area contributed by atoms with E-state index >= 15 is 0 Å². The monoisotopic (exact) mass is 471 g/mol. The maximum Gasteiger partial charge on any atom is 0.233 e. The summed E-state index contributed by atoms with van der Waals surface area (Å²) in [7, 11) is 2.08. The molecule has 1 aromatic heterocycles. The first kappa shape index (κ1) is 22.6. The van der Waals surface area contributed by atoms with Crippen LogP contribution in [0.1, 0.15) is 6.92 Å². The average Bonchev–Trinajstić information content (AvgIpc) is 3.23. The molecule has 32 heavy (non-hydrogen) atoms. The number of thioether (sulfide) groups is 1. The van der Waals surface area contributed by atoms with E-state index < -0.39 is 0 Å². The van der Waals surface area contributed by atoms with Gasteiger partial charge in [0.2, 0.25) is 5.91 Å². The minimum atomic E-state index is 0.119. The van der Waals surface area contributed by atoms with Crippen molar-refractivity contribution in [2.24, 2.45) is 0 Å². The van der Waals surface area contributed by atoms with Gasteiger partial charge in [0, 0.05) is 42.5 Å². The molecule has 0 atom stereocenters. The molecule has 1 aliphatic rings. The lowest BCUT2D eigenvalue weighted by Crippen LogP contribution is -2.47. The molecule has 1 saturated heterocycles. The van der Waals surface area contributed by atoms with Crippen molar-refractivity contribution in [3.05, 3.63) is 53.6 Å². The number of halogens is 1. The van der Waals surface area contributed by atoms with E-state index in [1.165, 1.54) is 11.8 Å². The second-order valence-corrected chi connectivity index (χ2v) is 8.93. The number of aromatic nitrogens is 3. The summed E-state index contributed by atoms with van der Waals surface area (Å²) in [6, 6.07) is 15.3. The Bertz CT molecular complexity index is 1060. The summed E-state index contributed by atoms with van der Waals surface area (Å²) in [4.78, 5) is 16.9. The summed E-state index contributed by atoms with van der Waals surface area (Å²) >= 11 is 7.62. The largest absolute Gasteiger partial charge is 0.494 e. The molecule has 1 aliphatic heterocycles. The van der Waals surface area contributed by atoms with Gasteiger partial charge in [0.1, 0.15) is 5.75 Å². The normalized spacial score (nSPS) is 14.5. The van der Waals surface area contributed by atoms with E-state index in [1.807, 2.05) is 64.9 Å². The number of ether oxygens (including phenoxy) is 1. The van der Waals surface area contributed by atoms with Gasteiger partial charge in [-0.1, -0.05) is 35.5 Å². The Morgan fingerprint density at radius 2 is 1.84 bits per heavy atom. The van der Waals surface area contributed by atoms with Crippen molar-refractivity contribution in [2.75, 3.05) is 45.6 Å². The van der Waals surface area contributed by atoms with E-state index in [2.05, 4.69) is 22.1 Å². The van der Waals surface area contributed by atoms with Gasteiger partial charge in [-0.05, 0) is 50.4 Å². The SMILES string of the molecule is CCOc1ccc(-n2c(SCC(=O)N3CCN(C)CC3)nnc2-c2cccc(Cl)c2)cc1. The Morgan fingerprint density at radius 1 is 1.09 bits per heavy atom. The number of likely N-dealkylation sites (N-methyl/N-ethyl adjacent to an activating group) is 1. The molecule has 0 unspecified atom stereocenters. The fourth-order valence-electron chi connectivity index (χ4n) is 3.54. The van der Waals surface area contributed by atoms with Crippen molar-refractivity contribution >= 4 is 29.3 Å². The highest BCUT2D eigenvalue weighted by atomic mass is 35.5. The molecule has 2 heterocycles. The Hall–Kier alpha value is -2.55. The first-order chi connectivity index (χ1) is 15.5. The molecule has 1 amide bonds. The first-order valence-electron chi connectivity index (χ1n) is 10.6. The second-order valence-electron chi connectivity index (χ2n) is 7.55. The predicted octanol–water partition coefficient (Wildman–Crippen LogP) is 3.85. The van der Waals surface area contributed by atoms with Crippen LogP contribution in [0.5, 0.6) is 5.75 Å². The molecule has 0 bridgehead atoms. The van der Waals surface area contributed by atoms with Crippen molar-refractivity contribution in [1.82, 2.24) is 24.6 Å². The number of rotatable bonds is 7. The number of piperazine rings is 1. The van der Waals surface area contributed by atoms with Crippen LogP contribution >= 0.6 is 23.4 Å². The maximum atomic E-state index is 12.8. The van der Waals surface area contributed by atoms with Crippen LogP contribution in [0.2, 0.25) is 5.02 Å². The quantitative estimate of drug-likeness (QED) is 0.488. The van der Waals surface area contributed by atoms with Gasteiger partial charge in [-0.3, -0.25) is 9.36 Å². The lowest BCUT2D eigenvalue weighted by atomic mass is 10.2. The lowest BCUT2D eigenvalue weighted by Gasteiger charge is -2.32. The van der Waals surface area contributed by atoms with Gasteiger partial charge in [-0.2, -0.15) is 0 Å². The minimum Gasteiger partial charge on any atom is -0.494 e. The summed E-state index contributed by atoms with van der Waals surface area (Å²) in [6.07, 6.45) is 0. The average molecular weight is 472 g/mol. The van der Waals surface area contributed by atoms with E-state index in [0.29, 0.717) is 28.4 Å². The van der Waals surface area contributed by atoms with Gasteiger partial charge >= 0.3 is 0 Å². The highest BCUT2D eigenvalue weighted by Gasteiger charge is 2.22. The van der Waals surface area contributed by atoms with Gasteiger partial charge in [0.15, 0.2) is 11.0 Å². The van der Waals surface area contributed by atoms with Gasteiger partial charge in [0.25, 0.3) is 0 Å². The number of carbonyl (C=O) groups excluding carboxylic acids is 1. The number of nitrogens with zero attached hydrogens (tertiary/aromatic N) is 5. The first-order valence-corrected chi connectivity index (χ1v) is 11.9. The minimum absolute atomic E-state index is 0.119. The topological polar surface area (TPSA) is 63.5 Å². The molecule has 0 spiro atoms. The third-order valence-corrected chi connectivity index (χ3v) is 6.45. The van der Waals surface area contributed by atoms with Crippen LogP contribution in [0, 0.1) is 0 Å². The molecule has 0 radical (unpaired) electrons. The molecule has 7 nitrogen and oxygen atoms in total. The van der Waals surface area contributed by atoms with E-state index in [0.717, 1.165) is 43.2 Å². The molecule has 3 aromatic rings. The Kier molecular flexibility index (Phi) is 7.34. The maximum absolute atomic E-state index is 12.8. The van der Waals surface area contributed by atoms with Crippen molar-refractivity contribution in [3.63, 3.8) is 0 Å². The molecule has 2 aromatic carbocycles. The summed E-state index contributed by atoms with van der Waals surface area (Å²) in [6.45, 7) is 5.88. The molecule has 1 fully saturated rings. The van der Waals surface area contributed by atoms with Crippen molar-refractivity contribution in [3.8, 4) is 22.8 Å². The van der Waals surface area contributed by atoms with Gasteiger partial charge in [0.05, 0.1) is 12.4 Å². The van der Waals surface area contributed by atoms with Crippen LogP contribution < -0.4 is 4.74 Å². The number of benzene rings is 2. The zero-order chi connectivity index (χ0) is 22.5. The third-order valence-electron chi connectivity index (χ3n) is 5.30. The van der Waals surface area contributed by atoms with E-state index in [1.54, 1.807) is 0 Å². The Labute approximate surface area is 197 Å². The molecule has 0 saturated carbocycles. The van der Waals surface area contributed by atoms with Crippen LogP contribution in [0.3, 0.4) is 0 Å². The number of amides is 1. The summed E-state index contributed by atoms with van der Waals surface area (Å²) in [5.41, 5.74) is 1.75. The zero-order valence-corrected chi connectivity index (χ0v) is 19.8. The molecule has 9 heteroatoms. The molecule has 168 valence electrons. The fraction of sp³-hybridized carbons (Fsp3) is 0.348. The van der Waals surface area contributed by atoms with Gasteiger partial charge < -0.3 is 14.5 Å². The van der Waals surface area contributed by atoms with Crippen molar-refractivity contribution in [1.29, 1.82) is 0 Å². The number of carbonyl (C=O) groups is 1. The summed E-state index contributed by atoms with van der Waals surface area (Å²) in [5.74, 6) is 1.90. The van der Waals surface area contributed by atoms with Crippen LogP contribution in [0.15, 0.2) is 53.7 Å². The van der Waals surface area contributed by atoms with E-state index in [4.69, 9.17) is 16.3 Å². The van der Waals surface area contributed by atoms with Crippen LogP contribution in [-0.2, 0) is 4.79 Å². The van der Waals surface area contributed by atoms with Crippen molar-refractivity contribution < 1.29 is 9.53 Å². The molecular weight excluding hydrogens is 446 g/mol. The zero-order valence-electron chi connectivity index (χ0n) is 18.2. The summed E-state index contributed by atoms with van der Waals surface area (Å²) < 4.78 is 7.54. The molecule has 4 rings (SSSR count). The highest BCUT2D eigenvalue weighted by Crippen LogP contribution is 2.30. The van der Waals surface area contributed by atoms with Crippen LogP contribution in [-0.4, -0.2) is 76.1 Å². The van der Waals surface area contributed by atoms with Crippen molar-refractivity contribution in [2.45, 2.75) is 12.1 Å². The standard InChI is InChI=1S/C23H26ClN5O2S/c1-3-31-20-9-7-19(8-10-20)29-22(17-5-4-6-18(24)15-17)25-26-23(29)32-16-21(30)28-13-11-27(2)12-14-28/h4-10,15H,3,11-14,16H2,1-2H3. The smallest absolute Gasteiger partial charge is 0.233 e. The Balaban J connectivity index is 1.61. The fourth-order valence-corrected chi connectivity index (χ4v) is 4.59. The third kappa shape index (κ3) is 5.26.